The third-order valence-corrected chi connectivity index (χ3v) is 6.90. The van der Waals surface area contributed by atoms with Crippen LogP contribution in [0.15, 0.2) is 48.5 Å². The van der Waals surface area contributed by atoms with Gasteiger partial charge in [-0.3, -0.25) is 9.44 Å². The van der Waals surface area contributed by atoms with E-state index < -0.39 is 44.3 Å². The minimum Gasteiger partial charge on any atom is -0.455 e. The van der Waals surface area contributed by atoms with E-state index in [4.69, 9.17) is 9.88 Å². The van der Waals surface area contributed by atoms with Crippen LogP contribution < -0.4 is 24.6 Å². The van der Waals surface area contributed by atoms with Crippen molar-refractivity contribution in [3.63, 3.8) is 0 Å². The summed E-state index contributed by atoms with van der Waals surface area (Å²) in [5.74, 6) is -2.49. The molecule has 13 heteroatoms. The zero-order chi connectivity index (χ0) is 25.3. The van der Waals surface area contributed by atoms with Crippen molar-refractivity contribution in [1.29, 1.82) is 0 Å². The highest BCUT2D eigenvalue weighted by atomic mass is 32.2. The van der Waals surface area contributed by atoms with E-state index in [1.54, 1.807) is 13.0 Å². The summed E-state index contributed by atoms with van der Waals surface area (Å²) in [6, 6.07) is 9.64. The molecule has 0 saturated heterocycles. The Labute approximate surface area is 202 Å². The molecular formula is C22H21F3N4O4S2. The van der Waals surface area contributed by atoms with Crippen LogP contribution in [0.2, 0.25) is 0 Å². The van der Waals surface area contributed by atoms with Gasteiger partial charge in [-0.05, 0) is 55.7 Å². The number of hydrogen-bond acceptors (Lipinski definition) is 5. The molecule has 3 aromatic carbocycles. The van der Waals surface area contributed by atoms with Gasteiger partial charge in [-0.1, -0.05) is 6.07 Å². The van der Waals surface area contributed by atoms with Gasteiger partial charge in [0.2, 0.25) is 0 Å². The van der Waals surface area contributed by atoms with Crippen LogP contribution in [0.3, 0.4) is 0 Å². The maximum Gasteiger partial charge on any atom is 0.296 e. The van der Waals surface area contributed by atoms with Crippen LogP contribution in [0.5, 0.6) is 11.5 Å². The summed E-state index contributed by atoms with van der Waals surface area (Å²) < 4.78 is 88.6. The second kappa shape index (κ2) is 9.76. The molecule has 1 aliphatic rings. The van der Waals surface area contributed by atoms with Gasteiger partial charge in [-0.15, -0.1) is 0 Å². The Morgan fingerprint density at radius 2 is 1.71 bits per heavy atom. The first-order valence-electron chi connectivity index (χ1n) is 10.3. The third-order valence-electron chi connectivity index (χ3n) is 4.91. The van der Waals surface area contributed by atoms with E-state index in [0.717, 1.165) is 37.1 Å². The van der Waals surface area contributed by atoms with Crippen molar-refractivity contribution in [2.75, 3.05) is 14.8 Å². The highest BCUT2D eigenvalue weighted by Crippen LogP contribution is 2.41. The Bertz CT molecular complexity index is 1420. The number of anilines is 4. The van der Waals surface area contributed by atoms with Crippen molar-refractivity contribution in [3.05, 3.63) is 71.5 Å². The molecular weight excluding hydrogens is 505 g/mol. The largest absolute Gasteiger partial charge is 0.455 e. The van der Waals surface area contributed by atoms with Gasteiger partial charge in [0.1, 0.15) is 39.9 Å². The van der Waals surface area contributed by atoms with Crippen LogP contribution in [0, 0.1) is 24.4 Å². The molecule has 1 aliphatic carbocycles. The van der Waals surface area contributed by atoms with Gasteiger partial charge in [0.05, 0.1) is 22.3 Å². The number of benzene rings is 3. The molecule has 0 radical (unpaired) electrons. The lowest BCUT2D eigenvalue weighted by Gasteiger charge is -2.19. The average molecular weight is 527 g/mol. The van der Waals surface area contributed by atoms with Crippen molar-refractivity contribution < 1.29 is 30.5 Å². The average Bonchev–Trinajstić information content (AvgIpc) is 3.59. The molecule has 1 atom stereocenters. The molecule has 1 fully saturated rings. The van der Waals surface area contributed by atoms with Crippen molar-refractivity contribution in [3.8, 4) is 11.5 Å². The van der Waals surface area contributed by atoms with E-state index in [-0.39, 0.29) is 33.8 Å². The van der Waals surface area contributed by atoms with Crippen LogP contribution >= 0.6 is 0 Å². The molecule has 1 unspecified atom stereocenters. The van der Waals surface area contributed by atoms with Crippen molar-refractivity contribution >= 4 is 43.9 Å². The van der Waals surface area contributed by atoms with Crippen LogP contribution in [0.1, 0.15) is 18.4 Å². The van der Waals surface area contributed by atoms with E-state index in [1.165, 1.54) is 18.2 Å². The number of ether oxygens (including phenoxy) is 1. The number of nitrogens with one attached hydrogen (secondary N) is 3. The first-order valence-corrected chi connectivity index (χ1v) is 13.1. The van der Waals surface area contributed by atoms with E-state index in [2.05, 4.69) is 10.0 Å². The van der Waals surface area contributed by atoms with Gasteiger partial charge in [0.15, 0.2) is 5.75 Å². The van der Waals surface area contributed by atoms with Gasteiger partial charge in [-0.25, -0.2) is 22.5 Å². The SMILES string of the molecule is Cc1ccc(Nc2cc(F)cc(Oc3ccc(F)c(NS(N)(=O)=O)c3)c2NS(=O)C2CC2)c(F)c1. The molecule has 0 heterocycles. The Balaban J connectivity index is 1.74. The van der Waals surface area contributed by atoms with E-state index in [1.807, 2.05) is 4.72 Å². The quantitative estimate of drug-likeness (QED) is 0.319. The lowest BCUT2D eigenvalue weighted by atomic mass is 10.2. The molecule has 0 aromatic heterocycles. The summed E-state index contributed by atoms with van der Waals surface area (Å²) in [6.07, 6.45) is 1.49. The van der Waals surface area contributed by atoms with Crippen molar-refractivity contribution in [2.24, 2.45) is 5.14 Å². The van der Waals surface area contributed by atoms with Crippen LogP contribution in [-0.2, 0) is 21.2 Å². The molecule has 3 aromatic rings. The van der Waals surface area contributed by atoms with Gasteiger partial charge in [-0.2, -0.15) is 8.42 Å². The van der Waals surface area contributed by atoms with Gasteiger partial charge in [0, 0.05) is 12.1 Å². The fraction of sp³-hybridized carbons (Fsp3) is 0.182. The number of rotatable bonds is 9. The first kappa shape index (κ1) is 24.8. The Morgan fingerprint density at radius 1 is 0.971 bits per heavy atom. The monoisotopic (exact) mass is 526 g/mol. The van der Waals surface area contributed by atoms with Crippen LogP contribution in [0.4, 0.5) is 35.9 Å². The van der Waals surface area contributed by atoms with Crippen LogP contribution in [-0.4, -0.2) is 17.9 Å². The Morgan fingerprint density at radius 3 is 2.37 bits per heavy atom. The molecule has 0 aliphatic heterocycles. The maximum atomic E-state index is 14.6. The highest BCUT2D eigenvalue weighted by molar-refractivity contribution is 7.90. The highest BCUT2D eigenvalue weighted by Gasteiger charge is 2.30. The first-order chi connectivity index (χ1) is 16.5. The summed E-state index contributed by atoms with van der Waals surface area (Å²) in [4.78, 5) is 0. The third kappa shape index (κ3) is 6.44. The van der Waals surface area contributed by atoms with Gasteiger partial charge in [0.25, 0.3) is 10.2 Å². The molecule has 4 rings (SSSR count). The fourth-order valence-electron chi connectivity index (χ4n) is 3.13. The van der Waals surface area contributed by atoms with Crippen molar-refractivity contribution in [1.82, 2.24) is 0 Å². The van der Waals surface area contributed by atoms with Crippen molar-refractivity contribution in [2.45, 2.75) is 25.0 Å². The summed E-state index contributed by atoms with van der Waals surface area (Å²) in [5, 5.41) is 7.60. The van der Waals surface area contributed by atoms with Gasteiger partial charge >= 0.3 is 0 Å². The minimum absolute atomic E-state index is 0.0433. The standard InChI is InChI=1S/C22H21F3N4O4S2/c1-12-2-7-18(17(25)8-12)27-20-9-13(23)10-21(22(20)28-34(30)15-4-5-15)33-14-3-6-16(24)19(11-14)29-35(26,31)32/h2-3,6-11,15,27-29H,4-5H2,1H3,(H2,26,31,32). The predicted octanol–water partition coefficient (Wildman–Crippen LogP) is 4.80. The maximum absolute atomic E-state index is 14.6. The molecule has 5 N–H and O–H groups in total. The molecule has 0 amide bonds. The lowest BCUT2D eigenvalue weighted by Crippen LogP contribution is -2.22. The summed E-state index contributed by atoms with van der Waals surface area (Å²) in [6.45, 7) is 1.72. The van der Waals surface area contributed by atoms with E-state index in [0.29, 0.717) is 5.56 Å². The van der Waals surface area contributed by atoms with E-state index >= 15 is 0 Å². The predicted molar refractivity (Wildman–Crippen MR) is 129 cm³/mol. The lowest BCUT2D eigenvalue weighted by molar-refractivity contribution is 0.478. The van der Waals surface area contributed by atoms with Crippen LogP contribution in [0.25, 0.3) is 0 Å². The zero-order valence-corrected chi connectivity index (χ0v) is 19.9. The second-order valence-corrected chi connectivity index (χ2v) is 10.7. The van der Waals surface area contributed by atoms with Gasteiger partial charge < -0.3 is 10.1 Å². The smallest absolute Gasteiger partial charge is 0.296 e. The topological polar surface area (TPSA) is 123 Å². The number of nitrogens with two attached hydrogens (primary N) is 1. The van der Waals surface area contributed by atoms with E-state index in [9.17, 15) is 25.8 Å². The molecule has 0 spiro atoms. The molecule has 35 heavy (non-hydrogen) atoms. The number of halogens is 3. The molecule has 8 nitrogen and oxygen atoms in total. The molecule has 186 valence electrons. The Kier molecular flexibility index (Phi) is 6.92. The molecule has 0 bridgehead atoms. The normalized spacial score (nSPS) is 14.3. The number of hydrogen-bond donors (Lipinski definition) is 4. The summed E-state index contributed by atoms with van der Waals surface area (Å²) in [5.41, 5.74) is 0.361. The number of aryl methyl sites for hydroxylation is 1. The fourth-order valence-corrected chi connectivity index (χ4v) is 4.73. The summed E-state index contributed by atoms with van der Waals surface area (Å²) >= 11 is 0. The minimum atomic E-state index is -4.27. The molecule has 1 saturated carbocycles. The summed E-state index contributed by atoms with van der Waals surface area (Å²) in [7, 11) is -5.81. The second-order valence-electron chi connectivity index (χ2n) is 7.92. The zero-order valence-electron chi connectivity index (χ0n) is 18.3. The Hall–Kier alpha value is -3.29.